The van der Waals surface area contributed by atoms with Crippen LogP contribution in [0.4, 0.5) is 8.78 Å². The van der Waals surface area contributed by atoms with Crippen LogP contribution < -0.4 is 0 Å². The van der Waals surface area contributed by atoms with Gasteiger partial charge in [0, 0.05) is 22.3 Å². The van der Waals surface area contributed by atoms with E-state index in [9.17, 15) is 13.6 Å². The number of carbonyl (C=O) groups excluding carboxylic acids is 1. The summed E-state index contributed by atoms with van der Waals surface area (Å²) in [7, 11) is 0. The van der Waals surface area contributed by atoms with Crippen molar-refractivity contribution in [3.05, 3.63) is 65.2 Å². The second-order valence-corrected chi connectivity index (χ2v) is 4.74. The van der Waals surface area contributed by atoms with Crippen molar-refractivity contribution in [2.24, 2.45) is 0 Å². The standard InChI is InChI=1S/C14H10F2OS/c15-12-4-5-14(13(16)7-12)18-9-11-3-1-2-10(6-11)8-17/h1-8H,9H2. The van der Waals surface area contributed by atoms with Crippen LogP contribution in [0.2, 0.25) is 0 Å². The van der Waals surface area contributed by atoms with E-state index in [-0.39, 0.29) is 0 Å². The molecule has 0 atom stereocenters. The van der Waals surface area contributed by atoms with E-state index in [2.05, 4.69) is 0 Å². The highest BCUT2D eigenvalue weighted by atomic mass is 32.2. The fraction of sp³-hybridized carbons (Fsp3) is 0.0714. The summed E-state index contributed by atoms with van der Waals surface area (Å²) in [5.74, 6) is -0.615. The minimum atomic E-state index is -0.584. The summed E-state index contributed by atoms with van der Waals surface area (Å²) in [5.41, 5.74) is 1.51. The first kappa shape index (κ1) is 12.8. The van der Waals surface area contributed by atoms with E-state index in [0.717, 1.165) is 17.9 Å². The van der Waals surface area contributed by atoms with Crippen molar-refractivity contribution < 1.29 is 13.6 Å². The van der Waals surface area contributed by atoms with Gasteiger partial charge in [-0.3, -0.25) is 4.79 Å². The number of carbonyl (C=O) groups is 1. The van der Waals surface area contributed by atoms with E-state index < -0.39 is 11.6 Å². The Morgan fingerprint density at radius 2 is 1.94 bits per heavy atom. The van der Waals surface area contributed by atoms with Gasteiger partial charge in [0.25, 0.3) is 0 Å². The van der Waals surface area contributed by atoms with Crippen LogP contribution >= 0.6 is 11.8 Å². The monoisotopic (exact) mass is 264 g/mol. The molecule has 0 spiro atoms. The molecule has 2 rings (SSSR count). The maximum absolute atomic E-state index is 13.4. The number of benzene rings is 2. The van der Waals surface area contributed by atoms with Gasteiger partial charge in [0.15, 0.2) is 0 Å². The van der Waals surface area contributed by atoms with E-state index >= 15 is 0 Å². The summed E-state index contributed by atoms with van der Waals surface area (Å²) in [4.78, 5) is 11.0. The van der Waals surface area contributed by atoms with Gasteiger partial charge < -0.3 is 0 Å². The molecule has 1 nitrogen and oxygen atoms in total. The number of thioether (sulfide) groups is 1. The van der Waals surface area contributed by atoms with Crippen LogP contribution in [0.5, 0.6) is 0 Å². The SMILES string of the molecule is O=Cc1cccc(CSc2ccc(F)cc2F)c1. The number of hydrogen-bond donors (Lipinski definition) is 0. The van der Waals surface area contributed by atoms with Crippen LogP contribution in [-0.2, 0) is 5.75 Å². The van der Waals surface area contributed by atoms with Crippen molar-refractivity contribution in [2.75, 3.05) is 0 Å². The summed E-state index contributed by atoms with van der Waals surface area (Å²) in [6, 6.07) is 10.6. The van der Waals surface area contributed by atoms with Crippen LogP contribution in [0.25, 0.3) is 0 Å². The molecule has 0 saturated carbocycles. The Labute approximate surface area is 108 Å². The Morgan fingerprint density at radius 1 is 1.11 bits per heavy atom. The van der Waals surface area contributed by atoms with Crippen molar-refractivity contribution in [1.82, 2.24) is 0 Å². The molecular weight excluding hydrogens is 254 g/mol. The summed E-state index contributed by atoms with van der Waals surface area (Å²) < 4.78 is 26.1. The second-order valence-electron chi connectivity index (χ2n) is 3.73. The van der Waals surface area contributed by atoms with E-state index in [4.69, 9.17) is 0 Å². The van der Waals surface area contributed by atoms with E-state index in [0.29, 0.717) is 16.2 Å². The molecule has 0 aromatic heterocycles. The molecule has 0 amide bonds. The third-order valence-corrected chi connectivity index (χ3v) is 3.50. The van der Waals surface area contributed by atoms with E-state index in [1.165, 1.54) is 23.9 Å². The van der Waals surface area contributed by atoms with Crippen molar-refractivity contribution in [3.63, 3.8) is 0 Å². The molecular formula is C14H10F2OS. The molecule has 2 aromatic rings. The zero-order valence-electron chi connectivity index (χ0n) is 9.40. The Bertz CT molecular complexity index is 569. The van der Waals surface area contributed by atoms with Crippen LogP contribution in [0, 0.1) is 11.6 Å². The number of halogens is 2. The largest absolute Gasteiger partial charge is 0.298 e. The Balaban J connectivity index is 2.08. The highest BCUT2D eigenvalue weighted by Crippen LogP contribution is 2.26. The lowest BCUT2D eigenvalue weighted by Crippen LogP contribution is -1.87. The van der Waals surface area contributed by atoms with Gasteiger partial charge >= 0.3 is 0 Å². The van der Waals surface area contributed by atoms with Gasteiger partial charge in [-0.2, -0.15) is 0 Å². The topological polar surface area (TPSA) is 17.1 Å². The zero-order valence-corrected chi connectivity index (χ0v) is 10.2. The maximum Gasteiger partial charge on any atom is 0.150 e. The van der Waals surface area contributed by atoms with Gasteiger partial charge in [-0.1, -0.05) is 18.2 Å². The van der Waals surface area contributed by atoms with Gasteiger partial charge in [0.05, 0.1) is 0 Å². The number of rotatable bonds is 4. The zero-order chi connectivity index (χ0) is 13.0. The lowest BCUT2D eigenvalue weighted by atomic mass is 10.2. The predicted octanol–water partition coefficient (Wildman–Crippen LogP) is 4.07. The fourth-order valence-electron chi connectivity index (χ4n) is 1.51. The molecule has 0 unspecified atom stereocenters. The number of hydrogen-bond acceptors (Lipinski definition) is 2. The second kappa shape index (κ2) is 5.78. The third-order valence-electron chi connectivity index (χ3n) is 2.38. The van der Waals surface area contributed by atoms with Crippen molar-refractivity contribution in [3.8, 4) is 0 Å². The molecule has 0 aliphatic rings. The summed E-state index contributed by atoms with van der Waals surface area (Å²) >= 11 is 1.27. The molecule has 0 heterocycles. The average molecular weight is 264 g/mol. The minimum Gasteiger partial charge on any atom is -0.298 e. The smallest absolute Gasteiger partial charge is 0.150 e. The van der Waals surface area contributed by atoms with Crippen molar-refractivity contribution in [2.45, 2.75) is 10.6 Å². The van der Waals surface area contributed by atoms with Crippen molar-refractivity contribution >= 4 is 18.0 Å². The first-order valence-electron chi connectivity index (χ1n) is 5.31. The highest BCUT2D eigenvalue weighted by Gasteiger charge is 2.05. The van der Waals surface area contributed by atoms with Crippen LogP contribution in [0.3, 0.4) is 0 Å². The molecule has 92 valence electrons. The Hall–Kier alpha value is -1.68. The van der Waals surface area contributed by atoms with Gasteiger partial charge in [-0.25, -0.2) is 8.78 Å². The quantitative estimate of drug-likeness (QED) is 0.611. The molecule has 0 bridgehead atoms. The minimum absolute atomic E-state index is 0.396. The summed E-state index contributed by atoms with van der Waals surface area (Å²) in [6.07, 6.45) is 0.770. The summed E-state index contributed by atoms with van der Waals surface area (Å²) in [6.45, 7) is 0. The van der Waals surface area contributed by atoms with Gasteiger partial charge in [-0.05, 0) is 23.8 Å². The molecule has 0 aliphatic carbocycles. The Morgan fingerprint density at radius 3 is 2.67 bits per heavy atom. The molecule has 0 fully saturated rings. The van der Waals surface area contributed by atoms with Crippen molar-refractivity contribution in [1.29, 1.82) is 0 Å². The molecule has 2 aromatic carbocycles. The molecule has 0 aliphatic heterocycles. The average Bonchev–Trinajstić information content (AvgIpc) is 2.38. The lowest BCUT2D eigenvalue weighted by molar-refractivity contribution is 0.112. The van der Waals surface area contributed by atoms with Crippen LogP contribution in [0.15, 0.2) is 47.4 Å². The molecule has 0 radical (unpaired) electrons. The molecule has 18 heavy (non-hydrogen) atoms. The molecule has 0 saturated heterocycles. The van der Waals surface area contributed by atoms with Gasteiger partial charge in [-0.15, -0.1) is 11.8 Å². The van der Waals surface area contributed by atoms with E-state index in [1.54, 1.807) is 18.2 Å². The Kier molecular flexibility index (Phi) is 4.10. The molecule has 0 N–H and O–H groups in total. The first-order valence-corrected chi connectivity index (χ1v) is 6.29. The normalized spacial score (nSPS) is 10.3. The third kappa shape index (κ3) is 3.17. The van der Waals surface area contributed by atoms with Gasteiger partial charge in [0.2, 0.25) is 0 Å². The maximum atomic E-state index is 13.4. The predicted molar refractivity (Wildman–Crippen MR) is 67.7 cm³/mol. The van der Waals surface area contributed by atoms with Crippen LogP contribution in [0.1, 0.15) is 15.9 Å². The lowest BCUT2D eigenvalue weighted by Gasteiger charge is -2.04. The van der Waals surface area contributed by atoms with Crippen LogP contribution in [-0.4, -0.2) is 6.29 Å². The summed E-state index contributed by atoms with van der Waals surface area (Å²) in [5, 5.41) is 0. The number of aldehydes is 1. The van der Waals surface area contributed by atoms with Gasteiger partial charge in [0.1, 0.15) is 17.9 Å². The first-order chi connectivity index (χ1) is 8.69. The van der Waals surface area contributed by atoms with E-state index in [1.807, 2.05) is 6.07 Å². The fourth-order valence-corrected chi connectivity index (χ4v) is 2.37. The molecule has 4 heteroatoms. The highest BCUT2D eigenvalue weighted by molar-refractivity contribution is 7.98.